The summed E-state index contributed by atoms with van der Waals surface area (Å²) in [6, 6.07) is 24.0. The molecule has 3 aromatic carbocycles. The fourth-order valence-electron chi connectivity index (χ4n) is 4.11. The Morgan fingerprint density at radius 3 is 2.38 bits per heavy atom. The van der Waals surface area contributed by atoms with E-state index in [1.807, 2.05) is 24.3 Å². The van der Waals surface area contributed by atoms with Crippen molar-refractivity contribution in [1.82, 2.24) is 10.6 Å². The van der Waals surface area contributed by atoms with Gasteiger partial charge in [-0.2, -0.15) is 10.5 Å². The first-order valence-electron chi connectivity index (χ1n) is 11.6. The number of allylic oxidation sites excluding steroid dienone is 1. The molecule has 1 aliphatic rings. The predicted molar refractivity (Wildman–Crippen MR) is 135 cm³/mol. The number of carbonyl (C=O) groups is 2. The van der Waals surface area contributed by atoms with Gasteiger partial charge >= 0.3 is 12.0 Å². The number of methoxy groups -OCH3 is 1. The Bertz CT molecular complexity index is 1430. The molecule has 8 nitrogen and oxygen atoms in total. The van der Waals surface area contributed by atoms with Gasteiger partial charge in [-0.1, -0.05) is 36.4 Å². The molecule has 2 amide bonds. The van der Waals surface area contributed by atoms with E-state index in [0.717, 1.165) is 11.3 Å². The molecule has 0 bridgehead atoms. The monoisotopic (exact) mass is 492 g/mol. The zero-order chi connectivity index (χ0) is 26.2. The van der Waals surface area contributed by atoms with Gasteiger partial charge in [0.05, 0.1) is 42.0 Å². The number of carbonyl (C=O) groups excluding carboxylic acids is 2. The van der Waals surface area contributed by atoms with Gasteiger partial charge in [-0.25, -0.2) is 9.59 Å². The van der Waals surface area contributed by atoms with Gasteiger partial charge in [-0.05, 0) is 65.9 Å². The maximum absolute atomic E-state index is 13.5. The summed E-state index contributed by atoms with van der Waals surface area (Å²) in [5.41, 5.74) is 3.97. The first-order chi connectivity index (χ1) is 18.0. The summed E-state index contributed by atoms with van der Waals surface area (Å²) in [5, 5.41) is 23.9. The number of nitrogens with one attached hydrogen (secondary N) is 2. The van der Waals surface area contributed by atoms with E-state index < -0.39 is 18.0 Å². The SMILES string of the molecule is COc1cccc(CCC2=C(C(=O)OCc3cccc(C#N)c3)C(c3ccc(C#N)cc3)NC(=O)N2)c1. The van der Waals surface area contributed by atoms with Crippen molar-refractivity contribution in [2.45, 2.75) is 25.5 Å². The Labute approximate surface area is 214 Å². The molecule has 184 valence electrons. The molecule has 2 N–H and O–H groups in total. The number of ether oxygens (including phenoxy) is 2. The highest BCUT2D eigenvalue weighted by Gasteiger charge is 2.33. The van der Waals surface area contributed by atoms with E-state index in [4.69, 9.17) is 20.0 Å². The van der Waals surface area contributed by atoms with Crippen LogP contribution in [0.2, 0.25) is 0 Å². The van der Waals surface area contributed by atoms with Crippen LogP contribution in [0.25, 0.3) is 0 Å². The average molecular weight is 493 g/mol. The number of hydrogen-bond acceptors (Lipinski definition) is 6. The summed E-state index contributed by atoms with van der Waals surface area (Å²) in [6.07, 6.45) is 0.926. The minimum Gasteiger partial charge on any atom is -0.497 e. The number of nitriles is 2. The Hall–Kier alpha value is -5.08. The van der Waals surface area contributed by atoms with E-state index in [1.54, 1.807) is 55.6 Å². The van der Waals surface area contributed by atoms with Crippen LogP contribution in [0.15, 0.2) is 84.1 Å². The lowest BCUT2D eigenvalue weighted by Crippen LogP contribution is -2.46. The molecule has 0 spiro atoms. The minimum atomic E-state index is -0.764. The molecule has 1 aliphatic heterocycles. The molecule has 1 heterocycles. The lowest BCUT2D eigenvalue weighted by Gasteiger charge is -2.29. The van der Waals surface area contributed by atoms with Crippen LogP contribution >= 0.6 is 0 Å². The molecule has 0 aromatic heterocycles. The molecule has 0 fully saturated rings. The standard InChI is InChI=1S/C29H24N4O4/c1-36-24-7-3-4-19(15-24)10-13-25-26(28(34)37-18-22-6-2-5-21(14-22)17-31)27(33-29(35)32-25)23-11-8-20(16-30)9-12-23/h2-9,11-12,14-15,27H,10,13,18H2,1H3,(H2,32,33,35). The molecular formula is C29H24N4O4. The van der Waals surface area contributed by atoms with Crippen LogP contribution < -0.4 is 15.4 Å². The van der Waals surface area contributed by atoms with Gasteiger partial charge in [0.25, 0.3) is 0 Å². The number of benzene rings is 3. The predicted octanol–water partition coefficient (Wildman–Crippen LogP) is 4.42. The highest BCUT2D eigenvalue weighted by Crippen LogP contribution is 2.30. The van der Waals surface area contributed by atoms with Crippen molar-refractivity contribution in [3.63, 3.8) is 0 Å². The fourth-order valence-corrected chi connectivity index (χ4v) is 4.11. The smallest absolute Gasteiger partial charge is 0.338 e. The van der Waals surface area contributed by atoms with Gasteiger partial charge in [-0.15, -0.1) is 0 Å². The second kappa shape index (κ2) is 11.6. The topological polar surface area (TPSA) is 124 Å². The van der Waals surface area contributed by atoms with Crippen molar-refractivity contribution >= 4 is 12.0 Å². The number of rotatable bonds is 8. The Morgan fingerprint density at radius 2 is 1.65 bits per heavy atom. The molecule has 0 radical (unpaired) electrons. The van der Waals surface area contributed by atoms with Crippen molar-refractivity contribution < 1.29 is 19.1 Å². The third-order valence-corrected chi connectivity index (χ3v) is 5.97. The quantitative estimate of drug-likeness (QED) is 0.449. The molecule has 37 heavy (non-hydrogen) atoms. The third-order valence-electron chi connectivity index (χ3n) is 5.97. The summed E-state index contributed by atoms with van der Waals surface area (Å²) in [5.74, 6) is 0.125. The zero-order valence-corrected chi connectivity index (χ0v) is 20.2. The van der Waals surface area contributed by atoms with E-state index in [9.17, 15) is 9.59 Å². The fraction of sp³-hybridized carbons (Fsp3) is 0.172. The van der Waals surface area contributed by atoms with Gasteiger partial charge in [0.1, 0.15) is 12.4 Å². The first-order valence-corrected chi connectivity index (χ1v) is 11.6. The highest BCUT2D eigenvalue weighted by atomic mass is 16.5. The van der Waals surface area contributed by atoms with E-state index in [0.29, 0.717) is 40.8 Å². The number of esters is 1. The van der Waals surface area contributed by atoms with E-state index >= 15 is 0 Å². The summed E-state index contributed by atoms with van der Waals surface area (Å²) in [4.78, 5) is 26.1. The maximum Gasteiger partial charge on any atom is 0.338 e. The minimum absolute atomic E-state index is 0.0327. The average Bonchev–Trinajstić information content (AvgIpc) is 2.94. The number of urea groups is 1. The second-order valence-electron chi connectivity index (χ2n) is 8.40. The molecule has 3 aromatic rings. The largest absolute Gasteiger partial charge is 0.497 e. The molecule has 1 atom stereocenters. The van der Waals surface area contributed by atoms with Crippen LogP contribution in [0.5, 0.6) is 5.75 Å². The number of nitrogens with zero attached hydrogens (tertiary/aromatic N) is 2. The summed E-state index contributed by atoms with van der Waals surface area (Å²) < 4.78 is 10.9. The van der Waals surface area contributed by atoms with Crippen molar-refractivity contribution in [3.8, 4) is 17.9 Å². The molecule has 1 unspecified atom stereocenters. The number of hydrogen-bond donors (Lipinski definition) is 2. The molecule has 0 aliphatic carbocycles. The second-order valence-corrected chi connectivity index (χ2v) is 8.40. The molecule has 4 rings (SSSR count). The van der Waals surface area contributed by atoms with Crippen molar-refractivity contribution in [3.05, 3.63) is 112 Å². The van der Waals surface area contributed by atoms with E-state index in [1.165, 1.54) is 0 Å². The molecule has 8 heteroatoms. The first kappa shape index (κ1) is 25.0. The Balaban J connectivity index is 1.66. The van der Waals surface area contributed by atoms with Gasteiger partial charge in [0, 0.05) is 5.70 Å². The lowest BCUT2D eigenvalue weighted by atomic mass is 9.92. The Morgan fingerprint density at radius 1 is 0.919 bits per heavy atom. The molecular weight excluding hydrogens is 468 g/mol. The number of aryl methyl sites for hydroxylation is 1. The third kappa shape index (κ3) is 6.14. The molecule has 0 saturated carbocycles. The number of amides is 2. The normalized spacial score (nSPS) is 14.6. The summed E-state index contributed by atoms with van der Waals surface area (Å²) >= 11 is 0. The summed E-state index contributed by atoms with van der Waals surface area (Å²) in [7, 11) is 1.59. The zero-order valence-electron chi connectivity index (χ0n) is 20.2. The lowest BCUT2D eigenvalue weighted by molar-refractivity contribution is -0.140. The van der Waals surface area contributed by atoms with Crippen molar-refractivity contribution in [1.29, 1.82) is 10.5 Å². The van der Waals surface area contributed by atoms with Crippen LogP contribution in [0.4, 0.5) is 4.79 Å². The van der Waals surface area contributed by atoms with Crippen molar-refractivity contribution in [2.75, 3.05) is 7.11 Å². The maximum atomic E-state index is 13.5. The Kier molecular flexibility index (Phi) is 7.82. The van der Waals surface area contributed by atoms with Gasteiger partial charge in [0.2, 0.25) is 0 Å². The van der Waals surface area contributed by atoms with Crippen molar-refractivity contribution in [2.24, 2.45) is 0 Å². The van der Waals surface area contributed by atoms with Crippen LogP contribution in [-0.4, -0.2) is 19.1 Å². The van der Waals surface area contributed by atoms with Gasteiger partial charge in [0.15, 0.2) is 0 Å². The van der Waals surface area contributed by atoms with Crippen LogP contribution in [0, 0.1) is 22.7 Å². The van der Waals surface area contributed by atoms with Crippen LogP contribution in [0.1, 0.15) is 40.3 Å². The highest BCUT2D eigenvalue weighted by molar-refractivity contribution is 5.95. The van der Waals surface area contributed by atoms with Gasteiger partial charge in [-0.3, -0.25) is 0 Å². The van der Waals surface area contributed by atoms with Crippen LogP contribution in [-0.2, 0) is 22.6 Å². The van der Waals surface area contributed by atoms with E-state index in [-0.39, 0.29) is 12.2 Å². The van der Waals surface area contributed by atoms with Crippen LogP contribution in [0.3, 0.4) is 0 Å². The van der Waals surface area contributed by atoms with Gasteiger partial charge < -0.3 is 20.1 Å². The molecule has 0 saturated heterocycles. The summed E-state index contributed by atoms with van der Waals surface area (Å²) in [6.45, 7) is -0.0327. The van der Waals surface area contributed by atoms with E-state index in [2.05, 4.69) is 22.8 Å².